The largest absolute Gasteiger partial charge is 0.393 e. The number of carbonyl (C=O) groups is 1. The van der Waals surface area contributed by atoms with E-state index >= 15 is 0 Å². The Balaban J connectivity index is 1.80. The molecule has 0 saturated carbocycles. The highest BCUT2D eigenvalue weighted by atomic mass is 16.3. The fourth-order valence-electron chi connectivity index (χ4n) is 2.43. The highest BCUT2D eigenvalue weighted by Gasteiger charge is 2.07. The molecule has 116 valence electrons. The van der Waals surface area contributed by atoms with E-state index in [1.54, 1.807) is 0 Å². The van der Waals surface area contributed by atoms with E-state index in [9.17, 15) is 9.90 Å². The molecule has 0 bridgehead atoms. The van der Waals surface area contributed by atoms with Crippen molar-refractivity contribution in [3.05, 3.63) is 71.3 Å². The number of hydrogen-bond donors (Lipinski definition) is 2. The summed E-state index contributed by atoms with van der Waals surface area (Å²) in [5.41, 5.74) is 3.20. The van der Waals surface area contributed by atoms with Crippen LogP contribution in [0.3, 0.4) is 0 Å². The van der Waals surface area contributed by atoms with Crippen molar-refractivity contribution < 1.29 is 15.0 Å². The first-order valence-electron chi connectivity index (χ1n) is 7.59. The third-order valence-corrected chi connectivity index (χ3v) is 3.68. The maximum atomic E-state index is 11.2. The van der Waals surface area contributed by atoms with Gasteiger partial charge >= 0.3 is 0 Å². The minimum absolute atomic E-state index is 0.175. The lowest BCUT2D eigenvalue weighted by Crippen LogP contribution is -2.11. The number of ketones is 1. The van der Waals surface area contributed by atoms with Crippen LogP contribution in [0.25, 0.3) is 0 Å². The number of rotatable bonds is 8. The predicted octanol–water partition coefficient (Wildman–Crippen LogP) is 2.33. The van der Waals surface area contributed by atoms with Crippen LogP contribution < -0.4 is 0 Å². The fourth-order valence-corrected chi connectivity index (χ4v) is 2.43. The average molecular weight is 298 g/mol. The Hall–Kier alpha value is -1.97. The number of hydrogen-bond acceptors (Lipinski definition) is 3. The van der Waals surface area contributed by atoms with Crippen LogP contribution in [0, 0.1) is 0 Å². The molecule has 2 aromatic carbocycles. The van der Waals surface area contributed by atoms with Gasteiger partial charge in [0.15, 0.2) is 5.78 Å². The van der Waals surface area contributed by atoms with E-state index in [1.807, 2.05) is 54.6 Å². The van der Waals surface area contributed by atoms with Crippen LogP contribution in [0.4, 0.5) is 0 Å². The van der Waals surface area contributed by atoms with Gasteiger partial charge in [-0.1, -0.05) is 54.6 Å². The molecule has 0 aliphatic rings. The smallest absolute Gasteiger partial charge is 0.162 e. The number of aliphatic hydroxyl groups excluding tert-OH is 2. The van der Waals surface area contributed by atoms with Crippen molar-refractivity contribution in [1.29, 1.82) is 0 Å². The first kappa shape index (κ1) is 16.4. The summed E-state index contributed by atoms with van der Waals surface area (Å²) in [6, 6.07) is 17.8. The van der Waals surface area contributed by atoms with Crippen LogP contribution in [0.1, 0.15) is 23.1 Å². The fraction of sp³-hybridized carbons (Fsp3) is 0.316. The first-order valence-corrected chi connectivity index (χ1v) is 7.59. The van der Waals surface area contributed by atoms with Gasteiger partial charge in [0.1, 0.15) is 6.61 Å². The molecule has 0 radical (unpaired) electrons. The zero-order valence-corrected chi connectivity index (χ0v) is 12.6. The van der Waals surface area contributed by atoms with E-state index in [0.29, 0.717) is 12.8 Å². The summed E-state index contributed by atoms with van der Waals surface area (Å²) in [5, 5.41) is 18.8. The van der Waals surface area contributed by atoms with Gasteiger partial charge in [-0.2, -0.15) is 0 Å². The molecule has 2 N–H and O–H groups in total. The van der Waals surface area contributed by atoms with Crippen molar-refractivity contribution >= 4 is 5.78 Å². The zero-order chi connectivity index (χ0) is 15.8. The van der Waals surface area contributed by atoms with E-state index in [4.69, 9.17) is 5.11 Å². The van der Waals surface area contributed by atoms with Crippen LogP contribution in [-0.2, 0) is 24.1 Å². The molecule has 0 amide bonds. The second kappa shape index (κ2) is 8.47. The van der Waals surface area contributed by atoms with Crippen molar-refractivity contribution in [2.45, 2.75) is 31.8 Å². The van der Waals surface area contributed by atoms with E-state index in [0.717, 1.165) is 23.1 Å². The highest BCUT2D eigenvalue weighted by Crippen LogP contribution is 2.11. The lowest BCUT2D eigenvalue weighted by atomic mass is 10.00. The Bertz CT molecular complexity index is 575. The third-order valence-electron chi connectivity index (χ3n) is 3.68. The summed E-state index contributed by atoms with van der Waals surface area (Å²) < 4.78 is 0. The van der Waals surface area contributed by atoms with Crippen molar-refractivity contribution in [3.8, 4) is 0 Å². The number of benzene rings is 2. The zero-order valence-electron chi connectivity index (χ0n) is 12.6. The predicted molar refractivity (Wildman–Crippen MR) is 86.7 cm³/mol. The molecule has 0 fully saturated rings. The monoisotopic (exact) mass is 298 g/mol. The second-order valence-electron chi connectivity index (χ2n) is 5.57. The van der Waals surface area contributed by atoms with Gasteiger partial charge in [0.05, 0.1) is 6.10 Å². The van der Waals surface area contributed by atoms with E-state index in [1.165, 1.54) is 0 Å². The Morgan fingerprint density at radius 2 is 1.55 bits per heavy atom. The molecule has 0 saturated heterocycles. The van der Waals surface area contributed by atoms with Gasteiger partial charge in [-0.25, -0.2) is 0 Å². The third kappa shape index (κ3) is 5.43. The number of Topliss-reactive ketones (excluding diaryl/α,β-unsaturated/α-hetero) is 1. The lowest BCUT2D eigenvalue weighted by Gasteiger charge is -2.11. The van der Waals surface area contributed by atoms with Crippen molar-refractivity contribution in [3.63, 3.8) is 0 Å². The van der Waals surface area contributed by atoms with Gasteiger partial charge in [0.25, 0.3) is 0 Å². The molecule has 22 heavy (non-hydrogen) atoms. The lowest BCUT2D eigenvalue weighted by molar-refractivity contribution is -0.121. The molecule has 2 aromatic rings. The molecule has 0 heterocycles. The van der Waals surface area contributed by atoms with Crippen molar-refractivity contribution in [1.82, 2.24) is 0 Å². The standard InChI is InChI=1S/C19H22O3/c20-14-19(22)13-17-8-6-15(7-9-17)10-11-18(21)12-16-4-2-1-3-5-16/h1-9,18,20-21H,10-14H2. The van der Waals surface area contributed by atoms with Gasteiger partial charge in [0.2, 0.25) is 0 Å². The van der Waals surface area contributed by atoms with Crippen LogP contribution in [-0.4, -0.2) is 28.7 Å². The highest BCUT2D eigenvalue weighted by molar-refractivity contribution is 5.81. The van der Waals surface area contributed by atoms with Gasteiger partial charge < -0.3 is 10.2 Å². The van der Waals surface area contributed by atoms with E-state index in [-0.39, 0.29) is 18.3 Å². The second-order valence-corrected chi connectivity index (χ2v) is 5.57. The molecular formula is C19H22O3. The molecule has 1 atom stereocenters. The average Bonchev–Trinajstić information content (AvgIpc) is 2.55. The van der Waals surface area contributed by atoms with Crippen LogP contribution in [0.5, 0.6) is 0 Å². The quantitative estimate of drug-likeness (QED) is 0.786. The number of aliphatic hydroxyl groups is 2. The maximum Gasteiger partial charge on any atom is 0.162 e. The number of carbonyl (C=O) groups excluding carboxylic acids is 1. The first-order chi connectivity index (χ1) is 10.7. The summed E-state index contributed by atoms with van der Waals surface area (Å²) in [6.45, 7) is -0.409. The number of aryl methyl sites for hydroxylation is 1. The van der Waals surface area contributed by atoms with E-state index in [2.05, 4.69) is 0 Å². The Kier molecular flexibility index (Phi) is 6.31. The molecule has 1 unspecified atom stereocenters. The molecule has 0 aliphatic heterocycles. The minimum Gasteiger partial charge on any atom is -0.393 e. The van der Waals surface area contributed by atoms with Crippen LogP contribution in [0.15, 0.2) is 54.6 Å². The van der Waals surface area contributed by atoms with Crippen LogP contribution in [0.2, 0.25) is 0 Å². The molecule has 2 rings (SSSR count). The molecule has 0 spiro atoms. The van der Waals surface area contributed by atoms with Crippen LogP contribution >= 0.6 is 0 Å². The molecule has 0 aromatic heterocycles. The molecule has 0 aliphatic carbocycles. The van der Waals surface area contributed by atoms with Gasteiger partial charge in [-0.3, -0.25) is 4.79 Å². The van der Waals surface area contributed by atoms with E-state index < -0.39 is 6.61 Å². The Morgan fingerprint density at radius 1 is 0.909 bits per heavy atom. The van der Waals surface area contributed by atoms with Gasteiger partial charge in [-0.15, -0.1) is 0 Å². The molecular weight excluding hydrogens is 276 g/mol. The van der Waals surface area contributed by atoms with Gasteiger partial charge in [0, 0.05) is 6.42 Å². The Labute approximate surface area is 131 Å². The van der Waals surface area contributed by atoms with Crippen molar-refractivity contribution in [2.75, 3.05) is 6.61 Å². The summed E-state index contributed by atoms with van der Waals surface area (Å²) in [6.07, 6.45) is 2.11. The van der Waals surface area contributed by atoms with Crippen molar-refractivity contribution in [2.24, 2.45) is 0 Å². The summed E-state index contributed by atoms with van der Waals surface area (Å²) >= 11 is 0. The summed E-state index contributed by atoms with van der Waals surface area (Å²) in [7, 11) is 0. The normalized spacial score (nSPS) is 12.1. The molecule has 3 nitrogen and oxygen atoms in total. The Morgan fingerprint density at radius 3 is 2.18 bits per heavy atom. The molecule has 3 heteroatoms. The summed E-state index contributed by atoms with van der Waals surface area (Å²) in [5.74, 6) is -0.175. The SMILES string of the molecule is O=C(CO)Cc1ccc(CCC(O)Cc2ccccc2)cc1. The van der Waals surface area contributed by atoms with Gasteiger partial charge in [-0.05, 0) is 36.0 Å². The minimum atomic E-state index is -0.409. The maximum absolute atomic E-state index is 11.2. The topological polar surface area (TPSA) is 57.5 Å². The summed E-state index contributed by atoms with van der Waals surface area (Å²) in [4.78, 5) is 11.2.